The van der Waals surface area contributed by atoms with Crippen LogP contribution in [0.1, 0.15) is 17.2 Å². The van der Waals surface area contributed by atoms with Gasteiger partial charge in [-0.15, -0.1) is 0 Å². The summed E-state index contributed by atoms with van der Waals surface area (Å²) in [5, 5.41) is 19.1. The number of aromatic hydroxyl groups is 1. The molecule has 82 valence electrons. The Morgan fingerprint density at radius 3 is 2.67 bits per heavy atom. The summed E-state index contributed by atoms with van der Waals surface area (Å²) in [5.74, 6) is -0.789. The lowest BCUT2D eigenvalue weighted by molar-refractivity contribution is -0.150. The van der Waals surface area contributed by atoms with Crippen LogP contribution in [-0.4, -0.2) is 23.3 Å². The number of carbonyl (C=O) groups is 1. The van der Waals surface area contributed by atoms with Crippen molar-refractivity contribution in [2.75, 3.05) is 7.11 Å². The monoisotopic (exact) mass is 274 g/mol. The third-order valence-corrected chi connectivity index (χ3v) is 2.91. The summed E-state index contributed by atoms with van der Waals surface area (Å²) < 4.78 is 4.73. The van der Waals surface area contributed by atoms with Crippen molar-refractivity contribution >= 4 is 21.9 Å². The zero-order valence-electron chi connectivity index (χ0n) is 8.32. The molecule has 0 saturated heterocycles. The van der Waals surface area contributed by atoms with Crippen LogP contribution >= 0.6 is 15.9 Å². The number of carbonyl (C=O) groups excluding carboxylic acids is 1. The third-order valence-electron chi connectivity index (χ3n) is 2.08. The fourth-order valence-corrected chi connectivity index (χ4v) is 1.90. The topological polar surface area (TPSA) is 66.8 Å². The van der Waals surface area contributed by atoms with Crippen molar-refractivity contribution < 1.29 is 19.7 Å². The summed E-state index contributed by atoms with van der Waals surface area (Å²) in [5.41, 5.74) is 1.01. The van der Waals surface area contributed by atoms with E-state index in [4.69, 9.17) is 0 Å². The third kappa shape index (κ3) is 2.30. The second-order valence-electron chi connectivity index (χ2n) is 3.05. The standard InChI is InChI=1S/C10H11BrO4/c1-5-3-4-6(12)8(11)7(5)9(13)10(14)15-2/h3-4,9,12-13H,1-2H3/t9-/m0/s1. The minimum absolute atomic E-state index is 0.0291. The Balaban J connectivity index is 3.24. The number of phenols is 1. The first kappa shape index (κ1) is 12.0. The van der Waals surface area contributed by atoms with Crippen molar-refractivity contribution in [2.24, 2.45) is 0 Å². The van der Waals surface area contributed by atoms with Crippen molar-refractivity contribution in [3.63, 3.8) is 0 Å². The van der Waals surface area contributed by atoms with Crippen LogP contribution in [-0.2, 0) is 9.53 Å². The van der Waals surface area contributed by atoms with Crippen LogP contribution in [0.4, 0.5) is 0 Å². The van der Waals surface area contributed by atoms with Gasteiger partial charge >= 0.3 is 5.97 Å². The highest BCUT2D eigenvalue weighted by Gasteiger charge is 2.23. The number of rotatable bonds is 2. The second kappa shape index (κ2) is 4.63. The molecule has 0 heterocycles. The smallest absolute Gasteiger partial charge is 0.339 e. The molecular weight excluding hydrogens is 264 g/mol. The minimum Gasteiger partial charge on any atom is -0.507 e. The molecule has 0 aromatic heterocycles. The number of aliphatic hydroxyl groups excluding tert-OH is 1. The lowest BCUT2D eigenvalue weighted by Gasteiger charge is -2.14. The molecule has 2 N–H and O–H groups in total. The van der Waals surface area contributed by atoms with Crippen LogP contribution < -0.4 is 0 Å². The largest absolute Gasteiger partial charge is 0.507 e. The number of ether oxygens (including phenoxy) is 1. The number of aliphatic hydroxyl groups is 1. The minimum atomic E-state index is -1.39. The molecule has 0 unspecified atom stereocenters. The van der Waals surface area contributed by atoms with E-state index < -0.39 is 12.1 Å². The van der Waals surface area contributed by atoms with Crippen molar-refractivity contribution in [2.45, 2.75) is 13.0 Å². The average Bonchev–Trinajstić information content (AvgIpc) is 2.22. The van der Waals surface area contributed by atoms with Crippen LogP contribution in [0.2, 0.25) is 0 Å². The molecule has 0 aliphatic heterocycles. The normalized spacial score (nSPS) is 12.3. The van der Waals surface area contributed by atoms with E-state index in [0.29, 0.717) is 15.6 Å². The van der Waals surface area contributed by atoms with Crippen molar-refractivity contribution in [3.8, 4) is 5.75 Å². The predicted octanol–water partition coefficient (Wildman–Crippen LogP) is 1.67. The van der Waals surface area contributed by atoms with E-state index in [1.54, 1.807) is 13.0 Å². The zero-order chi connectivity index (χ0) is 11.6. The summed E-state index contributed by atoms with van der Waals surface area (Å²) in [7, 11) is 1.19. The molecule has 15 heavy (non-hydrogen) atoms. The molecule has 0 saturated carbocycles. The van der Waals surface area contributed by atoms with Crippen molar-refractivity contribution in [1.82, 2.24) is 0 Å². The van der Waals surface area contributed by atoms with Crippen LogP contribution in [0.25, 0.3) is 0 Å². The number of aryl methyl sites for hydroxylation is 1. The summed E-state index contributed by atoms with van der Waals surface area (Å²) in [6.45, 7) is 1.73. The number of hydrogen-bond acceptors (Lipinski definition) is 4. The van der Waals surface area contributed by atoms with Gasteiger partial charge in [-0.3, -0.25) is 0 Å². The number of halogens is 1. The van der Waals surface area contributed by atoms with Gasteiger partial charge in [-0.25, -0.2) is 4.79 Å². The molecule has 0 amide bonds. The second-order valence-corrected chi connectivity index (χ2v) is 3.85. The molecule has 1 rings (SSSR count). The first-order chi connectivity index (χ1) is 6.99. The highest BCUT2D eigenvalue weighted by atomic mass is 79.9. The summed E-state index contributed by atoms with van der Waals surface area (Å²) in [6.07, 6.45) is -1.39. The van der Waals surface area contributed by atoms with Gasteiger partial charge in [-0.05, 0) is 34.5 Å². The molecule has 1 aromatic rings. The molecule has 5 heteroatoms. The van der Waals surface area contributed by atoms with Gasteiger partial charge in [0.25, 0.3) is 0 Å². The Morgan fingerprint density at radius 2 is 2.13 bits per heavy atom. The first-order valence-electron chi connectivity index (χ1n) is 4.23. The Labute approximate surface area is 95.6 Å². The molecule has 1 atom stereocenters. The lowest BCUT2D eigenvalue weighted by atomic mass is 10.0. The van der Waals surface area contributed by atoms with Gasteiger partial charge in [0.2, 0.25) is 0 Å². The lowest BCUT2D eigenvalue weighted by Crippen LogP contribution is -2.15. The average molecular weight is 275 g/mol. The predicted molar refractivity (Wildman–Crippen MR) is 57.5 cm³/mol. The van der Waals surface area contributed by atoms with E-state index in [0.717, 1.165) is 0 Å². The van der Waals surface area contributed by atoms with Crippen LogP contribution in [0.15, 0.2) is 16.6 Å². The van der Waals surface area contributed by atoms with Crippen LogP contribution in [0, 0.1) is 6.92 Å². The Hall–Kier alpha value is -1.07. The van der Waals surface area contributed by atoms with E-state index in [1.165, 1.54) is 13.2 Å². The SMILES string of the molecule is COC(=O)[C@@H](O)c1c(C)ccc(O)c1Br. The number of phenolic OH excluding ortho intramolecular Hbond substituents is 1. The van der Waals surface area contributed by atoms with E-state index in [1.807, 2.05) is 0 Å². The molecule has 0 radical (unpaired) electrons. The highest BCUT2D eigenvalue weighted by molar-refractivity contribution is 9.10. The zero-order valence-corrected chi connectivity index (χ0v) is 9.91. The maximum atomic E-state index is 11.2. The van der Waals surface area contributed by atoms with Gasteiger partial charge < -0.3 is 14.9 Å². The van der Waals surface area contributed by atoms with Crippen molar-refractivity contribution in [1.29, 1.82) is 0 Å². The molecule has 0 aliphatic carbocycles. The number of hydrogen-bond donors (Lipinski definition) is 2. The number of benzene rings is 1. The van der Waals surface area contributed by atoms with Gasteiger partial charge in [-0.2, -0.15) is 0 Å². The van der Waals surface area contributed by atoms with Gasteiger partial charge in [0, 0.05) is 5.56 Å². The van der Waals surface area contributed by atoms with Gasteiger partial charge in [-0.1, -0.05) is 6.07 Å². The van der Waals surface area contributed by atoms with Crippen molar-refractivity contribution in [3.05, 3.63) is 27.7 Å². The van der Waals surface area contributed by atoms with Gasteiger partial charge in [0.05, 0.1) is 11.6 Å². The maximum absolute atomic E-state index is 11.2. The first-order valence-corrected chi connectivity index (χ1v) is 5.02. The van der Waals surface area contributed by atoms with E-state index in [9.17, 15) is 15.0 Å². The Bertz CT molecular complexity index is 389. The van der Waals surface area contributed by atoms with Gasteiger partial charge in [0.15, 0.2) is 6.10 Å². The molecule has 0 bridgehead atoms. The van der Waals surface area contributed by atoms with E-state index in [2.05, 4.69) is 20.7 Å². The number of esters is 1. The van der Waals surface area contributed by atoms with E-state index in [-0.39, 0.29) is 5.75 Å². The fraction of sp³-hybridized carbons (Fsp3) is 0.300. The highest BCUT2D eigenvalue weighted by Crippen LogP contribution is 2.34. The quantitative estimate of drug-likeness (QED) is 0.806. The van der Waals surface area contributed by atoms with Gasteiger partial charge in [0.1, 0.15) is 5.75 Å². The Kier molecular flexibility index (Phi) is 3.71. The Morgan fingerprint density at radius 1 is 1.53 bits per heavy atom. The summed E-state index contributed by atoms with van der Waals surface area (Å²) in [4.78, 5) is 11.2. The molecule has 0 aliphatic rings. The maximum Gasteiger partial charge on any atom is 0.339 e. The molecule has 1 aromatic carbocycles. The number of methoxy groups -OCH3 is 1. The molecular formula is C10H11BrO4. The molecule has 0 fully saturated rings. The summed E-state index contributed by atoms with van der Waals surface area (Å²) >= 11 is 3.11. The van der Waals surface area contributed by atoms with Crippen LogP contribution in [0.5, 0.6) is 5.75 Å². The molecule has 0 spiro atoms. The van der Waals surface area contributed by atoms with E-state index >= 15 is 0 Å². The molecule has 4 nitrogen and oxygen atoms in total. The summed E-state index contributed by atoms with van der Waals surface area (Å²) in [6, 6.07) is 3.09. The van der Waals surface area contributed by atoms with Crippen LogP contribution in [0.3, 0.4) is 0 Å². The fourth-order valence-electron chi connectivity index (χ4n) is 1.24.